The molecule has 0 radical (unpaired) electrons. The van der Waals surface area contributed by atoms with Gasteiger partial charge >= 0.3 is 0 Å². The van der Waals surface area contributed by atoms with Crippen molar-refractivity contribution >= 4 is 12.0 Å². The van der Waals surface area contributed by atoms with Crippen LogP contribution in [0.15, 0.2) is 54.7 Å². The van der Waals surface area contributed by atoms with Crippen molar-refractivity contribution in [3.63, 3.8) is 0 Å². The predicted octanol–water partition coefficient (Wildman–Crippen LogP) is 4.26. The van der Waals surface area contributed by atoms with E-state index in [0.717, 1.165) is 12.0 Å². The Morgan fingerprint density at radius 1 is 1.13 bits per heavy atom. The zero-order chi connectivity index (χ0) is 16.3. The van der Waals surface area contributed by atoms with E-state index in [-0.39, 0.29) is 5.91 Å². The van der Waals surface area contributed by atoms with Crippen molar-refractivity contribution in [2.45, 2.75) is 32.6 Å². The van der Waals surface area contributed by atoms with Crippen LogP contribution in [0, 0.1) is 0 Å². The third-order valence-electron chi connectivity index (χ3n) is 3.64. The molecule has 1 amide bonds. The molecule has 23 heavy (non-hydrogen) atoms. The summed E-state index contributed by atoms with van der Waals surface area (Å²) in [4.78, 5) is 15.8. The Labute approximate surface area is 138 Å². The number of pyridine rings is 1. The summed E-state index contributed by atoms with van der Waals surface area (Å²) in [7, 11) is 0. The molecule has 3 heteroatoms. The number of nitrogens with one attached hydrogen (secondary N) is 1. The molecule has 0 aliphatic heterocycles. The van der Waals surface area contributed by atoms with Crippen LogP contribution in [0.1, 0.15) is 47.8 Å². The molecule has 0 atom stereocenters. The minimum atomic E-state index is -0.151. The number of carbonyl (C=O) groups excluding carboxylic acids is 1. The van der Waals surface area contributed by atoms with E-state index in [4.69, 9.17) is 0 Å². The molecular formula is C20H24N2O. The molecule has 120 valence electrons. The summed E-state index contributed by atoms with van der Waals surface area (Å²) in [6.07, 6.45) is 10.5. The van der Waals surface area contributed by atoms with Gasteiger partial charge in [0.15, 0.2) is 0 Å². The largest absolute Gasteiger partial charge is 0.347 e. The van der Waals surface area contributed by atoms with Gasteiger partial charge in [-0.25, -0.2) is 0 Å². The van der Waals surface area contributed by atoms with Crippen LogP contribution in [0.3, 0.4) is 0 Å². The highest BCUT2D eigenvalue weighted by Gasteiger charge is 2.03. The lowest BCUT2D eigenvalue weighted by molar-refractivity contribution is 0.0953. The number of hydrogen-bond acceptors (Lipinski definition) is 2. The Balaban J connectivity index is 1.76. The van der Waals surface area contributed by atoms with Gasteiger partial charge in [-0.1, -0.05) is 62.2 Å². The molecule has 0 saturated carbocycles. The number of benzene rings is 1. The number of rotatable bonds is 8. The number of unbranched alkanes of at least 4 members (excludes halogenated alkanes) is 2. The summed E-state index contributed by atoms with van der Waals surface area (Å²) in [6.45, 7) is 2.72. The van der Waals surface area contributed by atoms with Gasteiger partial charge in [-0.3, -0.25) is 9.78 Å². The quantitative estimate of drug-likeness (QED) is 0.740. The highest BCUT2D eigenvalue weighted by atomic mass is 16.1. The molecular weight excluding hydrogens is 284 g/mol. The first-order valence-corrected chi connectivity index (χ1v) is 8.24. The van der Waals surface area contributed by atoms with Crippen LogP contribution in [0.25, 0.3) is 6.08 Å². The molecule has 2 rings (SSSR count). The maximum absolute atomic E-state index is 11.8. The van der Waals surface area contributed by atoms with Crippen molar-refractivity contribution in [2.24, 2.45) is 0 Å². The van der Waals surface area contributed by atoms with Gasteiger partial charge in [-0.15, -0.1) is 0 Å². The molecule has 0 saturated heterocycles. The summed E-state index contributed by atoms with van der Waals surface area (Å²) in [5, 5.41) is 2.83. The summed E-state index contributed by atoms with van der Waals surface area (Å²) < 4.78 is 0. The van der Waals surface area contributed by atoms with Crippen molar-refractivity contribution < 1.29 is 4.79 Å². The van der Waals surface area contributed by atoms with Crippen LogP contribution < -0.4 is 5.32 Å². The van der Waals surface area contributed by atoms with Crippen LogP contribution in [0.4, 0.5) is 0 Å². The number of aromatic nitrogens is 1. The smallest absolute Gasteiger partial charge is 0.270 e. The number of aryl methyl sites for hydroxylation is 1. The van der Waals surface area contributed by atoms with E-state index in [1.54, 1.807) is 24.4 Å². The lowest BCUT2D eigenvalue weighted by Gasteiger charge is -2.02. The fourth-order valence-electron chi connectivity index (χ4n) is 2.31. The number of carbonyl (C=O) groups is 1. The first-order chi connectivity index (χ1) is 11.3. The summed E-state index contributed by atoms with van der Waals surface area (Å²) in [5.41, 5.74) is 2.98. The molecule has 1 aromatic heterocycles. The Morgan fingerprint density at radius 2 is 1.96 bits per heavy atom. The third-order valence-corrected chi connectivity index (χ3v) is 3.64. The van der Waals surface area contributed by atoms with Gasteiger partial charge in [-0.2, -0.15) is 0 Å². The van der Waals surface area contributed by atoms with Crippen molar-refractivity contribution in [1.82, 2.24) is 10.3 Å². The van der Waals surface area contributed by atoms with Crippen LogP contribution in [0.2, 0.25) is 0 Å². The van der Waals surface area contributed by atoms with E-state index < -0.39 is 0 Å². The monoisotopic (exact) mass is 308 g/mol. The summed E-state index contributed by atoms with van der Waals surface area (Å²) in [6, 6.07) is 13.9. The molecule has 1 aromatic carbocycles. The van der Waals surface area contributed by atoms with Gasteiger partial charge in [0, 0.05) is 12.7 Å². The summed E-state index contributed by atoms with van der Waals surface area (Å²) >= 11 is 0. The number of hydrogen-bond donors (Lipinski definition) is 1. The van der Waals surface area contributed by atoms with E-state index >= 15 is 0 Å². The molecule has 0 spiro atoms. The second kappa shape index (κ2) is 9.57. The van der Waals surface area contributed by atoms with Gasteiger partial charge in [0.1, 0.15) is 5.69 Å². The normalized spacial score (nSPS) is 10.8. The SMILES string of the molecule is CCCCCc1ccc(/C=C\CNC(=O)c2ccccn2)cc1. The second-order valence-electron chi connectivity index (χ2n) is 5.53. The van der Waals surface area contributed by atoms with Crippen LogP contribution in [-0.4, -0.2) is 17.4 Å². The van der Waals surface area contributed by atoms with Crippen molar-refractivity contribution in [3.8, 4) is 0 Å². The Hall–Kier alpha value is -2.42. The van der Waals surface area contributed by atoms with Gasteiger partial charge in [0.05, 0.1) is 0 Å². The van der Waals surface area contributed by atoms with Crippen molar-refractivity contribution in [3.05, 3.63) is 71.6 Å². The predicted molar refractivity (Wildman–Crippen MR) is 95.3 cm³/mol. The van der Waals surface area contributed by atoms with E-state index in [2.05, 4.69) is 41.5 Å². The fraction of sp³-hybridized carbons (Fsp3) is 0.300. The van der Waals surface area contributed by atoms with Gasteiger partial charge in [-0.05, 0) is 36.1 Å². The van der Waals surface area contributed by atoms with Gasteiger partial charge < -0.3 is 5.32 Å². The zero-order valence-corrected chi connectivity index (χ0v) is 13.7. The lowest BCUT2D eigenvalue weighted by Crippen LogP contribution is -2.24. The highest BCUT2D eigenvalue weighted by Crippen LogP contribution is 2.09. The van der Waals surface area contributed by atoms with Crippen LogP contribution in [-0.2, 0) is 6.42 Å². The number of nitrogens with zero attached hydrogens (tertiary/aromatic N) is 1. The van der Waals surface area contributed by atoms with Crippen molar-refractivity contribution in [1.29, 1.82) is 0 Å². The first-order valence-electron chi connectivity index (χ1n) is 8.24. The molecule has 3 nitrogen and oxygen atoms in total. The standard InChI is InChI=1S/C20H24N2O/c1-2-3-4-8-17-11-13-18(14-12-17)9-7-16-22-20(23)19-10-5-6-15-21-19/h5-7,9-15H,2-4,8,16H2,1H3,(H,22,23)/b9-7-. The van der Waals surface area contributed by atoms with E-state index in [9.17, 15) is 4.79 Å². The average molecular weight is 308 g/mol. The molecule has 0 fully saturated rings. The van der Waals surface area contributed by atoms with E-state index in [0.29, 0.717) is 12.2 Å². The highest BCUT2D eigenvalue weighted by molar-refractivity contribution is 5.92. The maximum atomic E-state index is 11.8. The van der Waals surface area contributed by atoms with Crippen molar-refractivity contribution in [2.75, 3.05) is 6.54 Å². The van der Waals surface area contributed by atoms with E-state index in [1.807, 2.05) is 12.2 Å². The van der Waals surface area contributed by atoms with Gasteiger partial charge in [0.2, 0.25) is 0 Å². The molecule has 0 bridgehead atoms. The third kappa shape index (κ3) is 6.07. The average Bonchev–Trinajstić information content (AvgIpc) is 2.61. The Morgan fingerprint density at radius 3 is 2.65 bits per heavy atom. The summed E-state index contributed by atoms with van der Waals surface area (Å²) in [5.74, 6) is -0.151. The molecule has 0 aliphatic carbocycles. The molecule has 0 aliphatic rings. The van der Waals surface area contributed by atoms with Crippen LogP contribution >= 0.6 is 0 Å². The maximum Gasteiger partial charge on any atom is 0.270 e. The zero-order valence-electron chi connectivity index (χ0n) is 13.7. The fourth-order valence-corrected chi connectivity index (χ4v) is 2.31. The molecule has 1 N–H and O–H groups in total. The minimum Gasteiger partial charge on any atom is -0.347 e. The van der Waals surface area contributed by atoms with Gasteiger partial charge in [0.25, 0.3) is 5.91 Å². The first kappa shape index (κ1) is 16.9. The molecule has 0 unspecified atom stereocenters. The van der Waals surface area contributed by atoms with Crippen LogP contribution in [0.5, 0.6) is 0 Å². The van der Waals surface area contributed by atoms with E-state index in [1.165, 1.54) is 24.8 Å². The topological polar surface area (TPSA) is 42.0 Å². The molecule has 2 aromatic rings. The molecule has 1 heterocycles. The lowest BCUT2D eigenvalue weighted by atomic mass is 10.1. The number of amides is 1. The second-order valence-corrected chi connectivity index (χ2v) is 5.53. The Bertz CT molecular complexity index is 618. The Kier molecular flexibility index (Phi) is 7.05. The minimum absolute atomic E-state index is 0.151.